The Morgan fingerprint density at radius 2 is 1.68 bits per heavy atom. The molecule has 0 fully saturated rings. The molecular weight excluding hydrogens is 449 g/mol. The highest BCUT2D eigenvalue weighted by Crippen LogP contribution is 2.35. The maximum Gasteiger partial charge on any atom is 0.416 e. The van der Waals surface area contributed by atoms with Crippen molar-refractivity contribution in [3.63, 3.8) is 0 Å². The van der Waals surface area contributed by atoms with Crippen LogP contribution in [-0.2, 0) is 24.1 Å². The van der Waals surface area contributed by atoms with Crippen molar-refractivity contribution in [1.29, 1.82) is 0 Å². The molecule has 0 bridgehead atoms. The number of rotatable bonds is 8. The second-order valence-corrected chi connectivity index (χ2v) is 7.59. The number of hydrogen-bond donors (Lipinski definition) is 1. The largest absolute Gasteiger partial charge is 0.416 e. The number of aromatic nitrogens is 2. The van der Waals surface area contributed by atoms with Gasteiger partial charge in [0.15, 0.2) is 0 Å². The van der Waals surface area contributed by atoms with Gasteiger partial charge in [0.05, 0.1) is 23.5 Å². The third-order valence-corrected chi connectivity index (χ3v) is 5.34. The number of halogens is 3. The SMILES string of the molecule is CCN(CC)c1ccc(C(F)(F)F)cc1NC(=O)Cn1c(=O)ccn(Cc2ccccc2)c1=O. The first-order valence-electron chi connectivity index (χ1n) is 10.7. The lowest BCUT2D eigenvalue weighted by Crippen LogP contribution is -2.42. The molecule has 0 atom stereocenters. The first kappa shape index (κ1) is 24.8. The monoisotopic (exact) mass is 474 g/mol. The van der Waals surface area contributed by atoms with Crippen LogP contribution in [-0.4, -0.2) is 28.1 Å². The van der Waals surface area contributed by atoms with Gasteiger partial charge in [-0.25, -0.2) is 4.79 Å². The maximum atomic E-state index is 13.3. The van der Waals surface area contributed by atoms with Gasteiger partial charge in [-0.2, -0.15) is 13.2 Å². The smallest absolute Gasteiger partial charge is 0.370 e. The molecule has 1 heterocycles. The average molecular weight is 474 g/mol. The number of nitrogens with one attached hydrogen (secondary N) is 1. The average Bonchev–Trinajstić information content (AvgIpc) is 2.80. The summed E-state index contributed by atoms with van der Waals surface area (Å²) in [5.74, 6) is -0.788. The molecule has 0 aliphatic heterocycles. The molecule has 3 rings (SSSR count). The summed E-state index contributed by atoms with van der Waals surface area (Å²) < 4.78 is 41.8. The number of carbonyl (C=O) groups is 1. The summed E-state index contributed by atoms with van der Waals surface area (Å²) in [6.07, 6.45) is -3.25. The lowest BCUT2D eigenvalue weighted by atomic mass is 10.1. The van der Waals surface area contributed by atoms with E-state index in [1.165, 1.54) is 22.9 Å². The quantitative estimate of drug-likeness (QED) is 0.542. The Balaban J connectivity index is 1.90. The minimum atomic E-state index is -4.59. The Kier molecular flexibility index (Phi) is 7.60. The van der Waals surface area contributed by atoms with Gasteiger partial charge in [-0.3, -0.25) is 18.7 Å². The molecular formula is C24H25F3N4O3. The fraction of sp³-hybridized carbons (Fsp3) is 0.292. The second-order valence-electron chi connectivity index (χ2n) is 7.59. The minimum Gasteiger partial charge on any atom is -0.370 e. The van der Waals surface area contributed by atoms with Gasteiger partial charge in [-0.15, -0.1) is 0 Å². The van der Waals surface area contributed by atoms with Crippen molar-refractivity contribution in [2.75, 3.05) is 23.3 Å². The zero-order valence-electron chi connectivity index (χ0n) is 18.8. The van der Waals surface area contributed by atoms with Crippen molar-refractivity contribution in [3.05, 3.63) is 92.8 Å². The first-order valence-corrected chi connectivity index (χ1v) is 10.7. The van der Waals surface area contributed by atoms with Crippen molar-refractivity contribution in [2.24, 2.45) is 0 Å². The van der Waals surface area contributed by atoms with Gasteiger partial charge in [0, 0.05) is 25.4 Å². The van der Waals surface area contributed by atoms with Gasteiger partial charge in [-0.1, -0.05) is 30.3 Å². The van der Waals surface area contributed by atoms with Crippen molar-refractivity contribution in [2.45, 2.75) is 33.1 Å². The van der Waals surface area contributed by atoms with Gasteiger partial charge in [0.2, 0.25) is 5.91 Å². The molecule has 0 aliphatic carbocycles. The van der Waals surface area contributed by atoms with Crippen LogP contribution in [0.25, 0.3) is 0 Å². The van der Waals surface area contributed by atoms with E-state index in [9.17, 15) is 27.6 Å². The van der Waals surface area contributed by atoms with Crippen LogP contribution < -0.4 is 21.5 Å². The summed E-state index contributed by atoms with van der Waals surface area (Å²) in [5.41, 5.74) is -1.10. The summed E-state index contributed by atoms with van der Waals surface area (Å²) in [4.78, 5) is 39.7. The van der Waals surface area contributed by atoms with E-state index in [4.69, 9.17) is 0 Å². The van der Waals surface area contributed by atoms with E-state index in [0.29, 0.717) is 18.8 Å². The van der Waals surface area contributed by atoms with Crippen LogP contribution >= 0.6 is 0 Å². The highest BCUT2D eigenvalue weighted by Gasteiger charge is 2.31. The highest BCUT2D eigenvalue weighted by molar-refractivity contribution is 5.94. The van der Waals surface area contributed by atoms with Crippen LogP contribution in [0.15, 0.2) is 70.4 Å². The Morgan fingerprint density at radius 1 is 1.00 bits per heavy atom. The fourth-order valence-corrected chi connectivity index (χ4v) is 3.59. The number of carbonyl (C=O) groups excluding carboxylic acids is 1. The number of benzene rings is 2. The zero-order chi connectivity index (χ0) is 24.9. The van der Waals surface area contributed by atoms with E-state index < -0.39 is 35.4 Å². The maximum absolute atomic E-state index is 13.3. The second kappa shape index (κ2) is 10.4. The van der Waals surface area contributed by atoms with Gasteiger partial charge >= 0.3 is 11.9 Å². The van der Waals surface area contributed by atoms with Crippen LogP contribution in [0, 0.1) is 0 Å². The van der Waals surface area contributed by atoms with Gasteiger partial charge in [-0.05, 0) is 37.6 Å². The number of nitrogens with zero attached hydrogens (tertiary/aromatic N) is 3. The summed E-state index contributed by atoms with van der Waals surface area (Å²) in [7, 11) is 0. The summed E-state index contributed by atoms with van der Waals surface area (Å²) >= 11 is 0. The van der Waals surface area contributed by atoms with Gasteiger partial charge in [0.1, 0.15) is 6.54 Å². The molecule has 2 aromatic carbocycles. The van der Waals surface area contributed by atoms with Crippen LogP contribution in [0.1, 0.15) is 25.0 Å². The predicted molar refractivity (Wildman–Crippen MR) is 124 cm³/mol. The summed E-state index contributed by atoms with van der Waals surface area (Å²) in [6, 6.07) is 13.4. The van der Waals surface area contributed by atoms with Crippen molar-refractivity contribution in [3.8, 4) is 0 Å². The Labute approximate surface area is 194 Å². The molecule has 0 aliphatic rings. The molecule has 7 nitrogen and oxygen atoms in total. The molecule has 3 aromatic rings. The first-order chi connectivity index (χ1) is 16.1. The Morgan fingerprint density at radius 3 is 2.29 bits per heavy atom. The van der Waals surface area contributed by atoms with Gasteiger partial charge < -0.3 is 10.2 Å². The standard InChI is InChI=1S/C24H25F3N4O3/c1-3-29(4-2)20-11-10-18(24(25,26)27)14-19(20)28-21(32)16-31-22(33)12-13-30(23(31)34)15-17-8-6-5-7-9-17/h5-14H,3-4,15-16H2,1-2H3,(H,28,32). The molecule has 1 amide bonds. The van der Waals surface area contributed by atoms with Crippen molar-refractivity contribution >= 4 is 17.3 Å². The van der Waals surface area contributed by atoms with E-state index in [0.717, 1.165) is 22.3 Å². The van der Waals surface area contributed by atoms with Crippen molar-refractivity contribution in [1.82, 2.24) is 9.13 Å². The molecule has 1 N–H and O–H groups in total. The third-order valence-electron chi connectivity index (χ3n) is 5.34. The van der Waals surface area contributed by atoms with Crippen LogP contribution in [0.3, 0.4) is 0 Å². The zero-order valence-corrected chi connectivity index (χ0v) is 18.8. The molecule has 10 heteroatoms. The molecule has 0 saturated heterocycles. The van der Waals surface area contributed by atoms with Gasteiger partial charge in [0.25, 0.3) is 5.56 Å². The van der Waals surface area contributed by atoms with Crippen LogP contribution in [0.4, 0.5) is 24.5 Å². The topological polar surface area (TPSA) is 76.3 Å². The van der Waals surface area contributed by atoms with E-state index in [1.807, 2.05) is 44.2 Å². The number of anilines is 2. The van der Waals surface area contributed by atoms with Crippen molar-refractivity contribution < 1.29 is 18.0 Å². The molecule has 1 aromatic heterocycles. The van der Waals surface area contributed by atoms with E-state index in [-0.39, 0.29) is 12.2 Å². The van der Waals surface area contributed by atoms with E-state index in [1.54, 1.807) is 4.90 Å². The van der Waals surface area contributed by atoms with E-state index in [2.05, 4.69) is 5.32 Å². The predicted octanol–water partition coefficient (Wildman–Crippen LogP) is 3.56. The van der Waals surface area contributed by atoms with Crippen LogP contribution in [0.5, 0.6) is 0 Å². The normalized spacial score (nSPS) is 11.3. The lowest BCUT2D eigenvalue weighted by Gasteiger charge is -2.25. The molecule has 0 radical (unpaired) electrons. The molecule has 34 heavy (non-hydrogen) atoms. The molecule has 180 valence electrons. The van der Waals surface area contributed by atoms with Crippen LogP contribution in [0.2, 0.25) is 0 Å². The third kappa shape index (κ3) is 5.75. The summed E-state index contributed by atoms with van der Waals surface area (Å²) in [6.45, 7) is 4.25. The molecule has 0 saturated carbocycles. The molecule has 0 spiro atoms. The Hall–Kier alpha value is -3.82. The minimum absolute atomic E-state index is 0.0443. The van der Waals surface area contributed by atoms with E-state index >= 15 is 0 Å². The number of amides is 1. The molecule has 0 unspecified atom stereocenters. The fourth-order valence-electron chi connectivity index (χ4n) is 3.59. The number of hydrogen-bond acceptors (Lipinski definition) is 4. The Bertz CT molecular complexity index is 1260. The highest BCUT2D eigenvalue weighted by atomic mass is 19.4. The summed E-state index contributed by atoms with van der Waals surface area (Å²) in [5, 5.41) is 2.46. The number of alkyl halides is 3. The lowest BCUT2D eigenvalue weighted by molar-refractivity contribution is -0.137.